The number of nitrogens with one attached hydrogen (secondary N) is 3. The summed E-state index contributed by atoms with van der Waals surface area (Å²) in [6.07, 6.45) is -2.22. The maximum absolute atomic E-state index is 12.1. The molecule has 30 heavy (non-hydrogen) atoms. The van der Waals surface area contributed by atoms with Gasteiger partial charge in [0, 0.05) is 6.42 Å². The molecule has 3 unspecified atom stereocenters. The highest BCUT2D eigenvalue weighted by molar-refractivity contribution is 5.95. The topological polar surface area (TPSA) is 268 Å². The number of primary amides is 1. The summed E-state index contributed by atoms with van der Waals surface area (Å²) in [5.41, 5.74) is 10.5. The van der Waals surface area contributed by atoms with E-state index in [1.807, 2.05) is 10.6 Å². The smallest absolute Gasteiger partial charge is 0.326 e. The number of carboxylic acid groups (broad SMARTS) is 3. The molecule has 0 heterocycles. The Morgan fingerprint density at radius 1 is 0.800 bits per heavy atom. The van der Waals surface area contributed by atoms with E-state index in [0.717, 1.165) is 0 Å². The number of carbonyl (C=O) groups is 7. The van der Waals surface area contributed by atoms with Crippen LogP contribution in [0.3, 0.4) is 0 Å². The fourth-order valence-corrected chi connectivity index (χ4v) is 2.01. The lowest BCUT2D eigenvalue weighted by Crippen LogP contribution is -2.54. The van der Waals surface area contributed by atoms with E-state index in [0.29, 0.717) is 0 Å². The number of hydrogen-bond acceptors (Lipinski definition) is 8. The summed E-state index contributed by atoms with van der Waals surface area (Å²) in [6, 6.07) is -4.56. The second kappa shape index (κ2) is 12.7. The van der Waals surface area contributed by atoms with Crippen molar-refractivity contribution < 1.29 is 48.9 Å². The number of nitrogens with two attached hydrogens (primary N) is 2. The first-order valence-corrected chi connectivity index (χ1v) is 8.41. The second-order valence-electron chi connectivity index (χ2n) is 6.04. The third-order valence-corrected chi connectivity index (χ3v) is 3.48. The van der Waals surface area contributed by atoms with E-state index in [-0.39, 0.29) is 6.42 Å². The lowest BCUT2D eigenvalue weighted by Gasteiger charge is -2.20. The van der Waals surface area contributed by atoms with Gasteiger partial charge in [-0.1, -0.05) is 0 Å². The molecular formula is C15H23N5O10. The van der Waals surface area contributed by atoms with Crippen LogP contribution in [0.4, 0.5) is 0 Å². The van der Waals surface area contributed by atoms with Crippen LogP contribution in [-0.2, 0) is 33.6 Å². The molecule has 4 amide bonds. The van der Waals surface area contributed by atoms with Gasteiger partial charge in [0.05, 0.1) is 25.4 Å². The quantitative estimate of drug-likeness (QED) is 0.130. The molecule has 15 nitrogen and oxygen atoms in total. The number of amides is 4. The number of rotatable bonds is 14. The van der Waals surface area contributed by atoms with Crippen LogP contribution >= 0.6 is 0 Å². The lowest BCUT2D eigenvalue weighted by molar-refractivity contribution is -0.147. The highest BCUT2D eigenvalue weighted by atomic mass is 16.4. The van der Waals surface area contributed by atoms with Gasteiger partial charge in [-0.15, -0.1) is 0 Å². The first-order valence-electron chi connectivity index (χ1n) is 8.41. The van der Waals surface area contributed by atoms with E-state index in [1.165, 1.54) is 0 Å². The molecule has 10 N–H and O–H groups in total. The van der Waals surface area contributed by atoms with Crippen molar-refractivity contribution in [2.75, 3.05) is 6.54 Å². The van der Waals surface area contributed by atoms with Crippen LogP contribution in [0.5, 0.6) is 0 Å². The van der Waals surface area contributed by atoms with Crippen LogP contribution in [0.2, 0.25) is 0 Å². The van der Waals surface area contributed by atoms with Gasteiger partial charge < -0.3 is 42.7 Å². The summed E-state index contributed by atoms with van der Waals surface area (Å²) in [6.45, 7) is -0.793. The average molecular weight is 433 g/mol. The molecule has 0 saturated heterocycles. The van der Waals surface area contributed by atoms with Crippen molar-refractivity contribution in [2.24, 2.45) is 11.5 Å². The van der Waals surface area contributed by atoms with Crippen molar-refractivity contribution in [1.82, 2.24) is 16.0 Å². The minimum Gasteiger partial charge on any atom is -0.481 e. The van der Waals surface area contributed by atoms with Crippen molar-refractivity contribution in [3.05, 3.63) is 0 Å². The van der Waals surface area contributed by atoms with Crippen LogP contribution in [0.15, 0.2) is 0 Å². The molecule has 0 aromatic carbocycles. The molecule has 0 radical (unpaired) electrons. The monoisotopic (exact) mass is 433 g/mol. The maximum Gasteiger partial charge on any atom is 0.326 e. The van der Waals surface area contributed by atoms with E-state index < -0.39 is 85.5 Å². The fraction of sp³-hybridized carbons (Fsp3) is 0.533. The minimum atomic E-state index is -1.74. The van der Waals surface area contributed by atoms with E-state index in [2.05, 4.69) is 5.32 Å². The van der Waals surface area contributed by atoms with Gasteiger partial charge in [-0.25, -0.2) is 4.79 Å². The molecule has 15 heteroatoms. The van der Waals surface area contributed by atoms with Gasteiger partial charge in [-0.2, -0.15) is 0 Å². The first kappa shape index (κ1) is 26.2. The summed E-state index contributed by atoms with van der Waals surface area (Å²) >= 11 is 0. The highest BCUT2D eigenvalue weighted by Gasteiger charge is 2.27. The number of carboxylic acids is 3. The molecule has 0 fully saturated rings. The van der Waals surface area contributed by atoms with Crippen LogP contribution in [0.25, 0.3) is 0 Å². The van der Waals surface area contributed by atoms with E-state index in [9.17, 15) is 33.6 Å². The zero-order valence-corrected chi connectivity index (χ0v) is 15.6. The second-order valence-corrected chi connectivity index (χ2v) is 6.04. The normalized spacial score (nSPS) is 13.2. The zero-order valence-electron chi connectivity index (χ0n) is 15.6. The largest absolute Gasteiger partial charge is 0.481 e. The van der Waals surface area contributed by atoms with Gasteiger partial charge in [0.1, 0.15) is 12.1 Å². The van der Waals surface area contributed by atoms with Gasteiger partial charge in [0.15, 0.2) is 0 Å². The Morgan fingerprint density at radius 2 is 1.40 bits per heavy atom. The highest BCUT2D eigenvalue weighted by Crippen LogP contribution is 1.99. The Bertz CT molecular complexity index is 710. The molecule has 0 aliphatic carbocycles. The Hall–Kier alpha value is -3.75. The molecule has 0 aromatic rings. The van der Waals surface area contributed by atoms with Gasteiger partial charge in [0.2, 0.25) is 23.6 Å². The molecule has 0 rings (SSSR count). The van der Waals surface area contributed by atoms with Gasteiger partial charge in [-0.05, 0) is 6.42 Å². The van der Waals surface area contributed by atoms with Crippen LogP contribution in [0, 0.1) is 0 Å². The van der Waals surface area contributed by atoms with Crippen molar-refractivity contribution >= 4 is 41.5 Å². The standard InChI is InChI=1S/C15H23N5O10/c16-6(1-2-11(23)24)13(27)20-7(3-9(17)21)14(28)18-5-10(22)19-8(15(29)30)4-12(25)26/h6-8H,1-5,16H2,(H2,17,21)(H,18,28)(H,19,22)(H,20,27)(H,23,24)(H,25,26)(H,29,30). The molecule has 0 aliphatic rings. The van der Waals surface area contributed by atoms with Gasteiger partial charge >= 0.3 is 17.9 Å². The summed E-state index contributed by atoms with van der Waals surface area (Å²) in [7, 11) is 0. The molecule has 3 atom stereocenters. The predicted octanol–water partition coefficient (Wildman–Crippen LogP) is -4.30. The third kappa shape index (κ3) is 11.2. The fourth-order valence-electron chi connectivity index (χ4n) is 2.01. The van der Waals surface area contributed by atoms with Gasteiger partial charge in [0.25, 0.3) is 0 Å². The summed E-state index contributed by atoms with van der Waals surface area (Å²) in [4.78, 5) is 79.0. The molecule has 0 saturated carbocycles. The van der Waals surface area contributed by atoms with Crippen molar-refractivity contribution in [2.45, 2.75) is 43.8 Å². The SMILES string of the molecule is NC(=O)CC(NC(=O)C(N)CCC(=O)O)C(=O)NCC(=O)NC(CC(=O)O)C(=O)O. The molecule has 0 spiro atoms. The minimum absolute atomic E-state index is 0.241. The summed E-state index contributed by atoms with van der Waals surface area (Å²) in [5, 5.41) is 32.1. The summed E-state index contributed by atoms with van der Waals surface area (Å²) in [5.74, 6) is -8.27. The average Bonchev–Trinajstić information content (AvgIpc) is 2.61. The molecule has 0 aromatic heterocycles. The third-order valence-electron chi connectivity index (χ3n) is 3.48. The molecule has 0 aliphatic heterocycles. The molecular weight excluding hydrogens is 410 g/mol. The Balaban J connectivity index is 4.87. The first-order chi connectivity index (χ1) is 13.8. The van der Waals surface area contributed by atoms with Crippen LogP contribution < -0.4 is 27.4 Å². The van der Waals surface area contributed by atoms with E-state index in [1.54, 1.807) is 0 Å². The van der Waals surface area contributed by atoms with Gasteiger partial charge in [-0.3, -0.25) is 28.8 Å². The van der Waals surface area contributed by atoms with Crippen LogP contribution in [0.1, 0.15) is 25.7 Å². The van der Waals surface area contributed by atoms with E-state index in [4.69, 9.17) is 26.8 Å². The Morgan fingerprint density at radius 3 is 1.87 bits per heavy atom. The van der Waals surface area contributed by atoms with Crippen molar-refractivity contribution in [1.29, 1.82) is 0 Å². The predicted molar refractivity (Wildman–Crippen MR) is 95.4 cm³/mol. The number of hydrogen-bond donors (Lipinski definition) is 8. The van der Waals surface area contributed by atoms with Crippen molar-refractivity contribution in [3.8, 4) is 0 Å². The van der Waals surface area contributed by atoms with Crippen molar-refractivity contribution in [3.63, 3.8) is 0 Å². The lowest BCUT2D eigenvalue weighted by atomic mass is 10.1. The van der Waals surface area contributed by atoms with E-state index >= 15 is 0 Å². The zero-order chi connectivity index (χ0) is 23.4. The molecule has 168 valence electrons. The Labute approximate surface area is 169 Å². The maximum atomic E-state index is 12.1. The number of aliphatic carboxylic acids is 3. The Kier molecular flexibility index (Phi) is 11.1. The molecule has 0 bridgehead atoms. The summed E-state index contributed by atoms with van der Waals surface area (Å²) < 4.78 is 0. The van der Waals surface area contributed by atoms with Crippen LogP contribution in [-0.4, -0.2) is 81.5 Å². The number of carbonyl (C=O) groups excluding carboxylic acids is 4.